The molecule has 6 rings (SSSR count). The van der Waals surface area contributed by atoms with Gasteiger partial charge in [-0.3, -0.25) is 19.3 Å². The van der Waals surface area contributed by atoms with Gasteiger partial charge in [0.05, 0.1) is 17.7 Å². The molecule has 35 heavy (non-hydrogen) atoms. The molecule has 0 unspecified atom stereocenters. The van der Waals surface area contributed by atoms with E-state index in [0.29, 0.717) is 37.3 Å². The Hall–Kier alpha value is -4.11. The molecule has 0 saturated carbocycles. The number of hydrogen-bond donors (Lipinski definition) is 0. The summed E-state index contributed by atoms with van der Waals surface area (Å²) in [5.74, 6) is -0.829. The lowest BCUT2D eigenvalue weighted by Gasteiger charge is -2.34. The van der Waals surface area contributed by atoms with Crippen LogP contribution in [0.25, 0.3) is 10.3 Å². The van der Waals surface area contributed by atoms with Crippen molar-refractivity contribution in [3.8, 4) is 0 Å². The number of anilines is 1. The van der Waals surface area contributed by atoms with E-state index in [4.69, 9.17) is 0 Å². The summed E-state index contributed by atoms with van der Waals surface area (Å²) in [4.78, 5) is 54.2. The van der Waals surface area contributed by atoms with Gasteiger partial charge in [0.1, 0.15) is 10.3 Å². The summed E-state index contributed by atoms with van der Waals surface area (Å²) in [6, 6.07) is 18.0. The first-order valence-corrected chi connectivity index (χ1v) is 12.2. The molecule has 2 aromatic carbocycles. The lowest BCUT2D eigenvalue weighted by molar-refractivity contribution is 0.0642. The molecule has 2 aliphatic heterocycles. The molecule has 0 aliphatic carbocycles. The lowest BCUT2D eigenvalue weighted by atomic mass is 10.0. The zero-order valence-electron chi connectivity index (χ0n) is 18.8. The number of thiazole rings is 1. The van der Waals surface area contributed by atoms with Crippen molar-refractivity contribution in [2.24, 2.45) is 0 Å². The molecule has 1 fully saturated rings. The summed E-state index contributed by atoms with van der Waals surface area (Å²) in [7, 11) is 0. The number of imide groups is 1. The molecule has 2 aromatic heterocycles. The third-order valence-corrected chi connectivity index (χ3v) is 7.43. The second-order valence-electron chi connectivity index (χ2n) is 8.55. The topological polar surface area (TPSA) is 86.7 Å². The number of nitrogens with zero attached hydrogens (tertiary/aromatic N) is 5. The number of pyridine rings is 1. The number of hydrogen-bond acceptors (Lipinski definition) is 7. The molecule has 3 amide bonds. The van der Waals surface area contributed by atoms with E-state index in [2.05, 4.69) is 14.9 Å². The molecule has 4 aromatic rings. The van der Waals surface area contributed by atoms with E-state index in [-0.39, 0.29) is 29.8 Å². The zero-order valence-corrected chi connectivity index (χ0v) is 19.6. The smallest absolute Gasteiger partial charge is 0.261 e. The van der Waals surface area contributed by atoms with Crippen LogP contribution in [0.1, 0.15) is 36.6 Å². The Balaban J connectivity index is 1.15. The summed E-state index contributed by atoms with van der Waals surface area (Å²) in [5.41, 5.74) is 2.81. The molecule has 0 bridgehead atoms. The van der Waals surface area contributed by atoms with Gasteiger partial charge in [0.2, 0.25) is 0 Å². The highest BCUT2D eigenvalue weighted by Gasteiger charge is 2.36. The van der Waals surface area contributed by atoms with Crippen molar-refractivity contribution in [3.63, 3.8) is 0 Å². The molecule has 0 atom stereocenters. The van der Waals surface area contributed by atoms with Crippen molar-refractivity contribution in [1.29, 1.82) is 0 Å². The number of rotatable bonds is 4. The van der Waals surface area contributed by atoms with Gasteiger partial charge in [-0.25, -0.2) is 9.97 Å². The van der Waals surface area contributed by atoms with E-state index in [1.165, 1.54) is 4.90 Å². The fraction of sp³-hybridized carbons (Fsp3) is 0.192. The van der Waals surface area contributed by atoms with Crippen molar-refractivity contribution in [1.82, 2.24) is 19.8 Å². The molecular weight excluding hydrogens is 462 g/mol. The quantitative estimate of drug-likeness (QED) is 0.413. The van der Waals surface area contributed by atoms with Gasteiger partial charge in [-0.1, -0.05) is 41.7 Å². The van der Waals surface area contributed by atoms with Crippen LogP contribution in [-0.4, -0.2) is 63.7 Å². The number of carbonyl (C=O) groups excluding carboxylic acids is 3. The first-order chi connectivity index (χ1) is 17.1. The Labute approximate surface area is 205 Å². The van der Waals surface area contributed by atoms with Gasteiger partial charge in [-0.15, -0.1) is 0 Å². The van der Waals surface area contributed by atoms with E-state index < -0.39 is 0 Å². The maximum atomic E-state index is 13.2. The number of amides is 3. The maximum absolute atomic E-state index is 13.2. The Morgan fingerprint density at radius 1 is 0.886 bits per heavy atom. The molecule has 8 nitrogen and oxygen atoms in total. The largest absolute Gasteiger partial charge is 0.344 e. The number of benzene rings is 2. The van der Waals surface area contributed by atoms with E-state index in [1.54, 1.807) is 40.6 Å². The van der Waals surface area contributed by atoms with Crippen LogP contribution in [-0.2, 0) is 6.54 Å². The highest BCUT2D eigenvalue weighted by atomic mass is 32.1. The summed E-state index contributed by atoms with van der Waals surface area (Å²) in [6.45, 7) is 2.63. The van der Waals surface area contributed by atoms with Gasteiger partial charge in [-0.2, -0.15) is 0 Å². The van der Waals surface area contributed by atoms with Crippen LogP contribution in [0.2, 0.25) is 0 Å². The molecule has 1 saturated heterocycles. The number of piperazine rings is 1. The van der Waals surface area contributed by atoms with E-state index in [0.717, 1.165) is 21.0 Å². The van der Waals surface area contributed by atoms with Crippen LogP contribution in [0.15, 0.2) is 66.9 Å². The second-order valence-corrected chi connectivity index (χ2v) is 9.50. The highest BCUT2D eigenvalue weighted by molar-refractivity contribution is 7.21. The van der Waals surface area contributed by atoms with Crippen LogP contribution < -0.4 is 4.90 Å². The minimum absolute atomic E-state index is 0.139. The fourth-order valence-electron chi connectivity index (χ4n) is 4.51. The third-order valence-electron chi connectivity index (χ3n) is 6.39. The molecule has 0 radical (unpaired) electrons. The summed E-state index contributed by atoms with van der Waals surface area (Å²) in [6.07, 6.45) is 1.76. The third kappa shape index (κ3) is 3.83. The predicted octanol–water partition coefficient (Wildman–Crippen LogP) is 3.45. The van der Waals surface area contributed by atoms with Gasteiger partial charge in [0, 0.05) is 37.9 Å². The van der Waals surface area contributed by atoms with Crippen LogP contribution in [0, 0.1) is 0 Å². The standard InChI is InChI=1S/C26H21N5O3S/c32-23(29-11-13-30(14-12-29)26-28-21-7-4-10-27-22(21)35-26)18-8-9-19-20(15-18)25(34)31(24(19)33)16-17-5-2-1-3-6-17/h1-10,15H,11-14,16H2. The summed E-state index contributed by atoms with van der Waals surface area (Å²) >= 11 is 1.55. The van der Waals surface area contributed by atoms with Gasteiger partial charge in [0.15, 0.2) is 5.13 Å². The van der Waals surface area contributed by atoms with Crippen LogP contribution >= 0.6 is 11.3 Å². The molecule has 0 N–H and O–H groups in total. The second kappa shape index (κ2) is 8.59. The fourth-order valence-corrected chi connectivity index (χ4v) is 5.47. The van der Waals surface area contributed by atoms with Crippen molar-refractivity contribution < 1.29 is 14.4 Å². The maximum Gasteiger partial charge on any atom is 0.261 e. The Morgan fingerprint density at radius 2 is 1.66 bits per heavy atom. The minimum atomic E-state index is -0.363. The highest BCUT2D eigenvalue weighted by Crippen LogP contribution is 2.29. The summed E-state index contributed by atoms with van der Waals surface area (Å²) < 4.78 is 0. The number of carbonyl (C=O) groups is 3. The van der Waals surface area contributed by atoms with E-state index in [9.17, 15) is 14.4 Å². The normalized spacial score (nSPS) is 15.7. The number of aromatic nitrogens is 2. The van der Waals surface area contributed by atoms with Gasteiger partial charge in [-0.05, 0) is 35.9 Å². The first kappa shape index (κ1) is 21.4. The van der Waals surface area contributed by atoms with E-state index in [1.807, 2.05) is 42.5 Å². The Morgan fingerprint density at radius 3 is 2.43 bits per heavy atom. The lowest BCUT2D eigenvalue weighted by Crippen LogP contribution is -2.48. The molecular formula is C26H21N5O3S. The van der Waals surface area contributed by atoms with Gasteiger partial charge >= 0.3 is 0 Å². The summed E-state index contributed by atoms with van der Waals surface area (Å²) in [5, 5.41) is 0.908. The van der Waals surface area contributed by atoms with Crippen LogP contribution in [0.3, 0.4) is 0 Å². The number of fused-ring (bicyclic) bond motifs is 2. The van der Waals surface area contributed by atoms with Gasteiger partial charge < -0.3 is 9.80 Å². The van der Waals surface area contributed by atoms with Crippen molar-refractivity contribution in [2.45, 2.75) is 6.54 Å². The van der Waals surface area contributed by atoms with Crippen molar-refractivity contribution in [2.75, 3.05) is 31.1 Å². The first-order valence-electron chi connectivity index (χ1n) is 11.4. The van der Waals surface area contributed by atoms with Crippen molar-refractivity contribution in [3.05, 3.63) is 89.1 Å². The minimum Gasteiger partial charge on any atom is -0.344 e. The zero-order chi connectivity index (χ0) is 23.9. The SMILES string of the molecule is O=C(c1ccc2c(c1)C(=O)N(Cc1ccccc1)C2=O)N1CCN(c2nc3cccnc3s2)CC1. The van der Waals surface area contributed by atoms with E-state index >= 15 is 0 Å². The molecule has 4 heterocycles. The van der Waals surface area contributed by atoms with Crippen molar-refractivity contribution >= 4 is 44.5 Å². The molecule has 9 heteroatoms. The molecule has 174 valence electrons. The molecule has 2 aliphatic rings. The average molecular weight is 484 g/mol. The average Bonchev–Trinajstić information content (AvgIpc) is 3.44. The molecule has 0 spiro atoms. The van der Waals surface area contributed by atoms with Crippen LogP contribution in [0.4, 0.5) is 5.13 Å². The van der Waals surface area contributed by atoms with Gasteiger partial charge in [0.25, 0.3) is 17.7 Å². The monoisotopic (exact) mass is 483 g/mol. The predicted molar refractivity (Wildman–Crippen MR) is 133 cm³/mol. The Kier molecular flexibility index (Phi) is 5.26. The van der Waals surface area contributed by atoms with Crippen LogP contribution in [0.5, 0.6) is 0 Å². The Bertz CT molecular complexity index is 1430.